The standard InChI is InChI=1S/C25H20F2N6O2/c26-19-13-20(27)18(25(34)21-3-4-23-28-5-6-33(23)31-21)12-17(19)24-16-2-1-15(11-22(16)29-14-30-24)32-7-9-35-10-8-32/h1-6,11-14,25,34H,7-10H2. The van der Waals surface area contributed by atoms with Crippen molar-refractivity contribution in [2.75, 3.05) is 31.2 Å². The minimum Gasteiger partial charge on any atom is -0.382 e. The lowest BCUT2D eigenvalue weighted by atomic mass is 9.98. The first-order chi connectivity index (χ1) is 17.1. The Morgan fingerprint density at radius 3 is 2.66 bits per heavy atom. The Kier molecular flexibility index (Phi) is 5.31. The van der Waals surface area contributed by atoms with Gasteiger partial charge in [-0.2, -0.15) is 5.10 Å². The summed E-state index contributed by atoms with van der Waals surface area (Å²) in [5.74, 6) is -1.66. The van der Waals surface area contributed by atoms with Crippen LogP contribution in [0, 0.1) is 11.6 Å². The van der Waals surface area contributed by atoms with Gasteiger partial charge in [0.25, 0.3) is 0 Å². The molecule has 0 radical (unpaired) electrons. The van der Waals surface area contributed by atoms with Gasteiger partial charge in [-0.1, -0.05) is 0 Å². The third-order valence-corrected chi connectivity index (χ3v) is 6.19. The number of morpholine rings is 1. The summed E-state index contributed by atoms with van der Waals surface area (Å²) in [5.41, 5.74) is 2.69. The number of nitrogens with zero attached hydrogens (tertiary/aromatic N) is 6. The Labute approximate surface area is 198 Å². The van der Waals surface area contributed by atoms with Crippen molar-refractivity contribution in [2.45, 2.75) is 6.10 Å². The number of rotatable bonds is 4. The Morgan fingerprint density at radius 2 is 1.80 bits per heavy atom. The topological polar surface area (TPSA) is 88.7 Å². The molecular formula is C25H20F2N6O2. The highest BCUT2D eigenvalue weighted by Crippen LogP contribution is 2.34. The minimum absolute atomic E-state index is 0.0654. The van der Waals surface area contributed by atoms with Gasteiger partial charge in [0.15, 0.2) is 5.65 Å². The number of hydrogen-bond donors (Lipinski definition) is 1. The summed E-state index contributed by atoms with van der Waals surface area (Å²) >= 11 is 0. The van der Waals surface area contributed by atoms with Crippen molar-refractivity contribution in [3.05, 3.63) is 84.1 Å². The molecule has 8 nitrogen and oxygen atoms in total. The van der Waals surface area contributed by atoms with Gasteiger partial charge in [-0.05, 0) is 36.4 Å². The third kappa shape index (κ3) is 3.86. The maximum atomic E-state index is 15.0. The third-order valence-electron chi connectivity index (χ3n) is 6.19. The maximum absolute atomic E-state index is 15.0. The van der Waals surface area contributed by atoms with E-state index < -0.39 is 17.7 Å². The van der Waals surface area contributed by atoms with E-state index in [1.807, 2.05) is 18.2 Å². The summed E-state index contributed by atoms with van der Waals surface area (Å²) < 4.78 is 36.7. The second-order valence-corrected chi connectivity index (χ2v) is 8.27. The highest BCUT2D eigenvalue weighted by molar-refractivity contribution is 5.94. The zero-order chi connectivity index (χ0) is 23.9. The molecule has 1 saturated heterocycles. The summed E-state index contributed by atoms with van der Waals surface area (Å²) in [6, 6.07) is 11.0. The number of aliphatic hydroxyl groups excluding tert-OH is 1. The molecule has 0 bridgehead atoms. The normalized spacial score (nSPS) is 15.1. The largest absolute Gasteiger partial charge is 0.382 e. The van der Waals surface area contributed by atoms with E-state index in [9.17, 15) is 9.50 Å². The van der Waals surface area contributed by atoms with Crippen molar-refractivity contribution in [2.24, 2.45) is 0 Å². The van der Waals surface area contributed by atoms with Gasteiger partial charge in [-0.25, -0.2) is 28.2 Å². The van der Waals surface area contributed by atoms with Gasteiger partial charge >= 0.3 is 0 Å². The molecule has 0 saturated carbocycles. The van der Waals surface area contributed by atoms with Gasteiger partial charge in [0.1, 0.15) is 24.1 Å². The van der Waals surface area contributed by atoms with Crippen LogP contribution in [0.3, 0.4) is 0 Å². The minimum atomic E-state index is -1.41. The van der Waals surface area contributed by atoms with E-state index in [1.54, 1.807) is 24.5 Å². The molecule has 0 amide bonds. The van der Waals surface area contributed by atoms with Gasteiger partial charge in [0.05, 0.1) is 30.1 Å². The molecule has 1 N–H and O–H groups in total. The predicted octanol–water partition coefficient (Wildman–Crippen LogP) is 3.54. The summed E-state index contributed by atoms with van der Waals surface area (Å²) in [6.45, 7) is 2.86. The fourth-order valence-corrected chi connectivity index (χ4v) is 4.37. The Morgan fingerprint density at radius 1 is 0.943 bits per heavy atom. The van der Waals surface area contributed by atoms with Crippen LogP contribution in [0.2, 0.25) is 0 Å². The van der Waals surface area contributed by atoms with E-state index in [2.05, 4.69) is 25.0 Å². The average Bonchev–Trinajstić information content (AvgIpc) is 3.36. The molecule has 35 heavy (non-hydrogen) atoms. The molecule has 176 valence electrons. The van der Waals surface area contributed by atoms with Crippen LogP contribution in [0.5, 0.6) is 0 Å². The first-order valence-electron chi connectivity index (χ1n) is 11.1. The van der Waals surface area contributed by atoms with E-state index in [0.29, 0.717) is 35.5 Å². The summed E-state index contributed by atoms with van der Waals surface area (Å²) in [7, 11) is 0. The van der Waals surface area contributed by atoms with Gasteiger partial charge < -0.3 is 14.7 Å². The molecule has 1 aliphatic rings. The fraction of sp³-hybridized carbons (Fsp3) is 0.200. The highest BCUT2D eigenvalue weighted by atomic mass is 19.1. The number of aromatic nitrogens is 5. The molecule has 1 aliphatic heterocycles. The molecule has 1 unspecified atom stereocenters. The van der Waals surface area contributed by atoms with Crippen molar-refractivity contribution in [3.63, 3.8) is 0 Å². The number of benzene rings is 2. The Bertz CT molecular complexity index is 1550. The maximum Gasteiger partial charge on any atom is 0.153 e. The SMILES string of the molecule is OC(c1ccc2nccn2n1)c1cc(-c2ncnc3cc(N4CCOCC4)ccc23)c(F)cc1F. The lowest BCUT2D eigenvalue weighted by Crippen LogP contribution is -2.36. The quantitative estimate of drug-likeness (QED) is 0.426. The zero-order valence-electron chi connectivity index (χ0n) is 18.5. The van der Waals surface area contributed by atoms with Crippen LogP contribution < -0.4 is 4.90 Å². The fourth-order valence-electron chi connectivity index (χ4n) is 4.37. The van der Waals surface area contributed by atoms with Gasteiger partial charge in [0.2, 0.25) is 0 Å². The number of imidazole rings is 1. The predicted molar refractivity (Wildman–Crippen MR) is 125 cm³/mol. The van der Waals surface area contributed by atoms with Crippen LogP contribution in [0.4, 0.5) is 14.5 Å². The molecule has 5 aromatic rings. The summed E-state index contributed by atoms with van der Waals surface area (Å²) in [6.07, 6.45) is 3.13. The van der Waals surface area contributed by atoms with Crippen LogP contribution in [-0.2, 0) is 4.74 Å². The number of ether oxygens (including phenoxy) is 1. The van der Waals surface area contributed by atoms with Crippen LogP contribution in [0.1, 0.15) is 17.4 Å². The number of anilines is 1. The van der Waals surface area contributed by atoms with Crippen LogP contribution in [0.15, 0.2) is 61.2 Å². The lowest BCUT2D eigenvalue weighted by molar-refractivity contribution is 0.122. The summed E-state index contributed by atoms with van der Waals surface area (Å²) in [4.78, 5) is 15.0. The van der Waals surface area contributed by atoms with Crippen LogP contribution in [0.25, 0.3) is 27.8 Å². The first-order valence-corrected chi connectivity index (χ1v) is 11.1. The molecule has 0 aliphatic carbocycles. The van der Waals surface area contributed by atoms with E-state index >= 15 is 4.39 Å². The van der Waals surface area contributed by atoms with E-state index in [0.717, 1.165) is 24.8 Å². The van der Waals surface area contributed by atoms with E-state index in [4.69, 9.17) is 4.74 Å². The molecule has 1 fully saturated rings. The second-order valence-electron chi connectivity index (χ2n) is 8.27. The molecule has 0 spiro atoms. The van der Waals surface area contributed by atoms with Crippen molar-refractivity contribution in [1.29, 1.82) is 0 Å². The molecule has 1 atom stereocenters. The molecule has 10 heteroatoms. The molecular weight excluding hydrogens is 454 g/mol. The summed E-state index contributed by atoms with van der Waals surface area (Å²) in [5, 5.41) is 15.8. The average molecular weight is 474 g/mol. The van der Waals surface area contributed by atoms with Crippen molar-refractivity contribution in [1.82, 2.24) is 24.6 Å². The molecule has 2 aromatic carbocycles. The monoisotopic (exact) mass is 474 g/mol. The van der Waals surface area contributed by atoms with Gasteiger partial charge in [0, 0.05) is 53.8 Å². The number of fused-ring (bicyclic) bond motifs is 2. The van der Waals surface area contributed by atoms with Gasteiger partial charge in [-0.3, -0.25) is 0 Å². The van der Waals surface area contributed by atoms with Crippen molar-refractivity contribution < 1.29 is 18.6 Å². The molecule has 4 heterocycles. The second kappa shape index (κ2) is 8.64. The van der Waals surface area contributed by atoms with Gasteiger partial charge in [-0.15, -0.1) is 0 Å². The van der Waals surface area contributed by atoms with Crippen LogP contribution >= 0.6 is 0 Å². The van der Waals surface area contributed by atoms with E-state index in [-0.39, 0.29) is 16.8 Å². The van der Waals surface area contributed by atoms with Crippen molar-refractivity contribution >= 4 is 22.2 Å². The number of aliphatic hydroxyl groups is 1. The number of halogens is 2. The molecule has 6 rings (SSSR count). The highest BCUT2D eigenvalue weighted by Gasteiger charge is 2.22. The first kappa shape index (κ1) is 21.5. The number of hydrogen-bond acceptors (Lipinski definition) is 7. The Hall–Kier alpha value is -4.02. The lowest BCUT2D eigenvalue weighted by Gasteiger charge is -2.29. The van der Waals surface area contributed by atoms with Crippen LogP contribution in [-0.4, -0.2) is 56.0 Å². The Balaban J connectivity index is 1.42. The van der Waals surface area contributed by atoms with E-state index in [1.165, 1.54) is 16.9 Å². The molecule has 3 aromatic heterocycles. The smallest absolute Gasteiger partial charge is 0.153 e. The zero-order valence-corrected chi connectivity index (χ0v) is 18.5. The van der Waals surface area contributed by atoms with Crippen molar-refractivity contribution in [3.8, 4) is 11.3 Å².